The average molecular weight is 274 g/mol. The molecule has 0 saturated heterocycles. The highest BCUT2D eigenvalue weighted by atomic mass is 16.5. The molecule has 0 aliphatic heterocycles. The van der Waals surface area contributed by atoms with E-state index >= 15 is 0 Å². The number of nitrogens with zero attached hydrogens (tertiary/aromatic N) is 3. The van der Waals surface area contributed by atoms with E-state index in [0.29, 0.717) is 24.5 Å². The summed E-state index contributed by atoms with van der Waals surface area (Å²) in [4.78, 5) is 13.7. The van der Waals surface area contributed by atoms with E-state index in [-0.39, 0.29) is 5.91 Å². The maximum atomic E-state index is 12.1. The SMILES string of the molecule is COCCN(C)C(=O)c1ccn(-c2ccccc2N)n1. The van der Waals surface area contributed by atoms with Crippen LogP contribution in [0.5, 0.6) is 0 Å². The molecule has 1 aromatic heterocycles. The van der Waals surface area contributed by atoms with Crippen molar-refractivity contribution in [2.45, 2.75) is 0 Å². The minimum absolute atomic E-state index is 0.143. The molecule has 20 heavy (non-hydrogen) atoms. The second-order valence-corrected chi connectivity index (χ2v) is 4.42. The number of nitrogen functional groups attached to an aromatic ring is 1. The Morgan fingerprint density at radius 2 is 2.15 bits per heavy atom. The van der Waals surface area contributed by atoms with Gasteiger partial charge in [-0.15, -0.1) is 0 Å². The van der Waals surface area contributed by atoms with Gasteiger partial charge in [0.25, 0.3) is 5.91 Å². The van der Waals surface area contributed by atoms with Gasteiger partial charge in [0.05, 0.1) is 18.0 Å². The maximum Gasteiger partial charge on any atom is 0.274 e. The number of carbonyl (C=O) groups is 1. The van der Waals surface area contributed by atoms with Crippen LogP contribution in [0.1, 0.15) is 10.5 Å². The number of anilines is 1. The highest BCUT2D eigenvalue weighted by Gasteiger charge is 2.15. The minimum atomic E-state index is -0.143. The zero-order valence-corrected chi connectivity index (χ0v) is 11.6. The van der Waals surface area contributed by atoms with E-state index in [1.54, 1.807) is 42.1 Å². The first-order chi connectivity index (χ1) is 9.63. The summed E-state index contributed by atoms with van der Waals surface area (Å²) in [5, 5.41) is 4.28. The minimum Gasteiger partial charge on any atom is -0.397 e. The molecule has 6 nitrogen and oxygen atoms in total. The van der Waals surface area contributed by atoms with E-state index in [9.17, 15) is 4.79 Å². The molecule has 0 aliphatic carbocycles. The van der Waals surface area contributed by atoms with Crippen LogP contribution in [0.3, 0.4) is 0 Å². The molecule has 0 aliphatic rings. The summed E-state index contributed by atoms with van der Waals surface area (Å²) in [6.45, 7) is 1.02. The standard InChI is InChI=1S/C14H18N4O2/c1-17(9-10-20-2)14(19)12-7-8-18(16-12)13-6-4-3-5-11(13)15/h3-8H,9-10,15H2,1-2H3. The van der Waals surface area contributed by atoms with Gasteiger partial charge in [-0.3, -0.25) is 4.79 Å². The Kier molecular flexibility index (Phi) is 4.37. The van der Waals surface area contributed by atoms with Crippen LogP contribution in [-0.2, 0) is 4.74 Å². The molecule has 0 bridgehead atoms. The summed E-state index contributed by atoms with van der Waals surface area (Å²) >= 11 is 0. The molecule has 1 heterocycles. The largest absolute Gasteiger partial charge is 0.397 e. The molecule has 1 amide bonds. The summed E-state index contributed by atoms with van der Waals surface area (Å²) in [6.07, 6.45) is 1.73. The second kappa shape index (κ2) is 6.21. The van der Waals surface area contributed by atoms with Crippen LogP contribution >= 0.6 is 0 Å². The molecule has 0 saturated carbocycles. The topological polar surface area (TPSA) is 73.4 Å². The van der Waals surface area contributed by atoms with Crippen LogP contribution in [0.15, 0.2) is 36.5 Å². The number of likely N-dealkylation sites (N-methyl/N-ethyl adjacent to an activating group) is 1. The van der Waals surface area contributed by atoms with E-state index in [1.807, 2.05) is 18.2 Å². The van der Waals surface area contributed by atoms with Crippen LogP contribution in [-0.4, -0.2) is 47.9 Å². The molecule has 2 aromatic rings. The summed E-state index contributed by atoms with van der Waals surface area (Å²) in [6, 6.07) is 9.05. The van der Waals surface area contributed by atoms with Gasteiger partial charge in [-0.2, -0.15) is 5.10 Å². The molecule has 1 aromatic carbocycles. The van der Waals surface area contributed by atoms with E-state index < -0.39 is 0 Å². The first-order valence-corrected chi connectivity index (χ1v) is 6.28. The zero-order chi connectivity index (χ0) is 14.5. The molecule has 6 heteroatoms. The molecule has 0 radical (unpaired) electrons. The third kappa shape index (κ3) is 2.97. The van der Waals surface area contributed by atoms with Crippen LogP contribution < -0.4 is 5.73 Å². The van der Waals surface area contributed by atoms with Gasteiger partial charge in [-0.1, -0.05) is 12.1 Å². The number of aromatic nitrogens is 2. The second-order valence-electron chi connectivity index (χ2n) is 4.42. The first-order valence-electron chi connectivity index (χ1n) is 6.28. The Bertz CT molecular complexity index is 594. The van der Waals surface area contributed by atoms with Gasteiger partial charge < -0.3 is 15.4 Å². The van der Waals surface area contributed by atoms with E-state index in [2.05, 4.69) is 5.10 Å². The Labute approximate surface area is 117 Å². The van der Waals surface area contributed by atoms with Crippen LogP contribution in [0.2, 0.25) is 0 Å². The quantitative estimate of drug-likeness (QED) is 0.831. The lowest BCUT2D eigenvalue weighted by Gasteiger charge is -2.14. The van der Waals surface area contributed by atoms with Gasteiger partial charge in [-0.25, -0.2) is 4.68 Å². The fraction of sp³-hybridized carbons (Fsp3) is 0.286. The van der Waals surface area contributed by atoms with Crippen molar-refractivity contribution in [2.24, 2.45) is 0 Å². The lowest BCUT2D eigenvalue weighted by molar-refractivity contribution is 0.0738. The van der Waals surface area contributed by atoms with Crippen molar-refractivity contribution in [2.75, 3.05) is 33.0 Å². The number of hydrogen-bond acceptors (Lipinski definition) is 4. The molecular formula is C14H18N4O2. The van der Waals surface area contributed by atoms with E-state index in [0.717, 1.165) is 5.69 Å². The highest BCUT2D eigenvalue weighted by molar-refractivity contribution is 5.92. The number of para-hydroxylation sites is 2. The average Bonchev–Trinajstić information content (AvgIpc) is 2.94. The first kappa shape index (κ1) is 14.1. The van der Waals surface area contributed by atoms with Crippen LogP contribution in [0.4, 0.5) is 5.69 Å². The Morgan fingerprint density at radius 1 is 1.40 bits per heavy atom. The van der Waals surface area contributed by atoms with Crippen molar-refractivity contribution in [3.05, 3.63) is 42.2 Å². The lowest BCUT2D eigenvalue weighted by atomic mass is 10.3. The lowest BCUT2D eigenvalue weighted by Crippen LogP contribution is -2.30. The summed E-state index contributed by atoms with van der Waals surface area (Å²) in [7, 11) is 3.32. The molecule has 0 spiro atoms. The number of nitrogens with two attached hydrogens (primary N) is 1. The molecule has 0 fully saturated rings. The Hall–Kier alpha value is -2.34. The predicted octanol–water partition coefficient (Wildman–Crippen LogP) is 1.17. The van der Waals surface area contributed by atoms with Crippen molar-refractivity contribution in [3.63, 3.8) is 0 Å². The van der Waals surface area contributed by atoms with E-state index in [4.69, 9.17) is 10.5 Å². The summed E-state index contributed by atoms with van der Waals surface area (Å²) in [5.41, 5.74) is 7.64. The number of benzene rings is 1. The normalized spacial score (nSPS) is 10.5. The van der Waals surface area contributed by atoms with Gasteiger partial charge in [-0.05, 0) is 18.2 Å². The number of carbonyl (C=O) groups excluding carboxylic acids is 1. The molecular weight excluding hydrogens is 256 g/mol. The van der Waals surface area contributed by atoms with Crippen molar-refractivity contribution < 1.29 is 9.53 Å². The van der Waals surface area contributed by atoms with Crippen LogP contribution in [0, 0.1) is 0 Å². The summed E-state index contributed by atoms with van der Waals surface area (Å²) < 4.78 is 6.56. The van der Waals surface area contributed by atoms with Gasteiger partial charge in [0.1, 0.15) is 0 Å². The number of ether oxygens (including phenoxy) is 1. The van der Waals surface area contributed by atoms with Gasteiger partial charge in [0.15, 0.2) is 5.69 Å². The Morgan fingerprint density at radius 3 is 2.85 bits per heavy atom. The molecule has 0 atom stereocenters. The Balaban J connectivity index is 2.17. The van der Waals surface area contributed by atoms with Gasteiger partial charge in [0, 0.05) is 26.9 Å². The van der Waals surface area contributed by atoms with Gasteiger partial charge in [0.2, 0.25) is 0 Å². The highest BCUT2D eigenvalue weighted by Crippen LogP contribution is 2.15. The van der Waals surface area contributed by atoms with Gasteiger partial charge >= 0.3 is 0 Å². The summed E-state index contributed by atoms with van der Waals surface area (Å²) in [5.74, 6) is -0.143. The van der Waals surface area contributed by atoms with Crippen molar-refractivity contribution in [3.8, 4) is 5.69 Å². The monoisotopic (exact) mass is 274 g/mol. The fourth-order valence-electron chi connectivity index (χ4n) is 1.79. The molecule has 2 N–H and O–H groups in total. The fourth-order valence-corrected chi connectivity index (χ4v) is 1.79. The molecule has 106 valence electrons. The van der Waals surface area contributed by atoms with Crippen LogP contribution in [0.25, 0.3) is 5.69 Å². The number of methoxy groups -OCH3 is 1. The van der Waals surface area contributed by atoms with Crippen molar-refractivity contribution in [1.82, 2.24) is 14.7 Å². The predicted molar refractivity (Wildman–Crippen MR) is 76.8 cm³/mol. The third-order valence-corrected chi connectivity index (χ3v) is 2.97. The number of rotatable bonds is 5. The zero-order valence-electron chi connectivity index (χ0n) is 11.6. The number of hydrogen-bond donors (Lipinski definition) is 1. The number of amides is 1. The molecule has 2 rings (SSSR count). The van der Waals surface area contributed by atoms with Crippen molar-refractivity contribution in [1.29, 1.82) is 0 Å². The third-order valence-electron chi connectivity index (χ3n) is 2.97. The smallest absolute Gasteiger partial charge is 0.274 e. The maximum absolute atomic E-state index is 12.1. The van der Waals surface area contributed by atoms with E-state index in [1.165, 1.54) is 0 Å². The van der Waals surface area contributed by atoms with Crippen molar-refractivity contribution >= 4 is 11.6 Å². The molecule has 0 unspecified atom stereocenters.